The average Bonchev–Trinajstić information content (AvgIpc) is 3.43. The van der Waals surface area contributed by atoms with Crippen LogP contribution in [0.15, 0.2) is 43.1 Å². The molecule has 35 heavy (non-hydrogen) atoms. The van der Waals surface area contributed by atoms with E-state index < -0.39 is 24.5 Å². The van der Waals surface area contributed by atoms with Crippen LogP contribution in [0.1, 0.15) is 38.7 Å². The number of hydrogen-bond donors (Lipinski definition) is 1. The molecule has 3 heterocycles. The van der Waals surface area contributed by atoms with Crippen LogP contribution in [-0.2, 0) is 12.7 Å². The van der Waals surface area contributed by atoms with Gasteiger partial charge in [0.2, 0.25) is 0 Å². The van der Waals surface area contributed by atoms with Crippen molar-refractivity contribution in [2.75, 3.05) is 5.32 Å². The van der Waals surface area contributed by atoms with Crippen LogP contribution >= 0.6 is 11.6 Å². The monoisotopic (exact) mass is 502 g/mol. The summed E-state index contributed by atoms with van der Waals surface area (Å²) in [5.74, 6) is -1.74. The Labute approximate surface area is 202 Å². The summed E-state index contributed by atoms with van der Waals surface area (Å²) in [7, 11) is 0. The lowest BCUT2D eigenvalue weighted by Gasteiger charge is -2.14. The van der Waals surface area contributed by atoms with Crippen molar-refractivity contribution in [3.8, 4) is 5.82 Å². The van der Waals surface area contributed by atoms with Crippen LogP contribution in [0.4, 0.5) is 18.9 Å². The molecule has 0 radical (unpaired) electrons. The van der Waals surface area contributed by atoms with Crippen LogP contribution in [0.5, 0.6) is 0 Å². The topological polar surface area (TPSA) is 103 Å². The van der Waals surface area contributed by atoms with Gasteiger partial charge in [-0.25, -0.2) is 14.3 Å². The third-order valence-corrected chi connectivity index (χ3v) is 5.29. The number of pyridine rings is 1. The van der Waals surface area contributed by atoms with Gasteiger partial charge in [0.05, 0.1) is 22.9 Å². The number of anilines is 1. The number of nitrogens with one attached hydrogen (secondary N) is 1. The third-order valence-electron chi connectivity index (χ3n) is 5.00. The van der Waals surface area contributed by atoms with E-state index in [0.29, 0.717) is 15.9 Å². The molecule has 1 N–H and O–H groups in total. The number of aromatic nitrogens is 7. The summed E-state index contributed by atoms with van der Waals surface area (Å²) in [4.78, 5) is 17.5. The zero-order valence-corrected chi connectivity index (χ0v) is 19.3. The number of hydrogen-bond acceptors (Lipinski definition) is 6. The molecule has 0 unspecified atom stereocenters. The van der Waals surface area contributed by atoms with E-state index in [4.69, 9.17) is 11.6 Å². The van der Waals surface area contributed by atoms with E-state index >= 15 is 0 Å². The maximum atomic E-state index is 13.4. The molecular formula is C22H18ClF3N8O. The lowest BCUT2D eigenvalue weighted by Crippen LogP contribution is -2.19. The normalized spacial score (nSPS) is 11.5. The molecule has 0 bridgehead atoms. The van der Waals surface area contributed by atoms with Crippen LogP contribution in [0.2, 0.25) is 5.02 Å². The van der Waals surface area contributed by atoms with Gasteiger partial charge in [-0.3, -0.25) is 4.79 Å². The fourth-order valence-electron chi connectivity index (χ4n) is 3.54. The van der Waals surface area contributed by atoms with Crippen molar-refractivity contribution in [3.05, 3.63) is 82.0 Å². The summed E-state index contributed by atoms with van der Waals surface area (Å²) in [6.45, 7) is 7.11. The van der Waals surface area contributed by atoms with Gasteiger partial charge in [0.15, 0.2) is 5.82 Å². The van der Waals surface area contributed by atoms with Crippen LogP contribution in [0, 0.1) is 13.8 Å². The molecule has 180 valence electrons. The Morgan fingerprint density at radius 1 is 1.26 bits per heavy atom. The molecule has 4 rings (SSSR count). The Bertz CT molecular complexity index is 1430. The van der Waals surface area contributed by atoms with Gasteiger partial charge in [0, 0.05) is 6.20 Å². The summed E-state index contributed by atoms with van der Waals surface area (Å²) in [5.41, 5.74) is 3.12. The molecule has 0 aliphatic heterocycles. The lowest BCUT2D eigenvalue weighted by molar-refractivity contribution is -0.147. The fourth-order valence-corrected chi connectivity index (χ4v) is 3.74. The molecule has 0 spiro atoms. The van der Waals surface area contributed by atoms with Crippen molar-refractivity contribution in [1.82, 2.24) is 35.0 Å². The fraction of sp³-hybridized carbons (Fsp3) is 0.182. The van der Waals surface area contributed by atoms with Crippen LogP contribution in [0.3, 0.4) is 0 Å². The van der Waals surface area contributed by atoms with Crippen LogP contribution in [0.25, 0.3) is 11.9 Å². The highest BCUT2D eigenvalue weighted by atomic mass is 35.5. The summed E-state index contributed by atoms with van der Waals surface area (Å²) < 4.78 is 41.3. The molecule has 9 nitrogen and oxygen atoms in total. The molecule has 0 saturated heterocycles. The molecular weight excluding hydrogens is 485 g/mol. The Balaban J connectivity index is 1.77. The van der Waals surface area contributed by atoms with Crippen LogP contribution < -0.4 is 5.32 Å². The van der Waals surface area contributed by atoms with Crippen molar-refractivity contribution < 1.29 is 18.0 Å². The maximum absolute atomic E-state index is 13.4. The number of alkyl halides is 3. The summed E-state index contributed by atoms with van der Waals surface area (Å²) in [6, 6.07) is 8.25. The number of nitrogens with zero attached hydrogens (tertiary/aromatic N) is 7. The van der Waals surface area contributed by atoms with Gasteiger partial charge in [-0.15, -0.1) is 5.10 Å². The predicted octanol–water partition coefficient (Wildman–Crippen LogP) is 4.49. The largest absolute Gasteiger partial charge is 0.453 e. The molecule has 0 atom stereocenters. The zero-order chi connectivity index (χ0) is 25.3. The van der Waals surface area contributed by atoms with Crippen LogP contribution in [-0.4, -0.2) is 40.9 Å². The first-order chi connectivity index (χ1) is 16.6. The number of aryl methyl sites for hydroxylation is 2. The number of rotatable bonds is 6. The molecule has 1 aromatic carbocycles. The molecule has 0 saturated carbocycles. The zero-order valence-electron chi connectivity index (χ0n) is 18.5. The molecule has 0 aliphatic carbocycles. The van der Waals surface area contributed by atoms with Gasteiger partial charge in [0.1, 0.15) is 5.69 Å². The van der Waals surface area contributed by atoms with E-state index in [1.807, 2.05) is 26.0 Å². The molecule has 1 amide bonds. The summed E-state index contributed by atoms with van der Waals surface area (Å²) in [6.07, 6.45) is -1.70. The predicted molar refractivity (Wildman–Crippen MR) is 122 cm³/mol. The van der Waals surface area contributed by atoms with E-state index in [0.717, 1.165) is 11.1 Å². The molecule has 3 aromatic heterocycles. The number of benzene rings is 1. The minimum absolute atomic E-state index is 0.00257. The first kappa shape index (κ1) is 24.1. The van der Waals surface area contributed by atoms with Crippen molar-refractivity contribution in [2.45, 2.75) is 26.6 Å². The minimum Gasteiger partial charge on any atom is -0.320 e. The van der Waals surface area contributed by atoms with E-state index in [-0.39, 0.29) is 22.2 Å². The first-order valence-corrected chi connectivity index (χ1v) is 10.5. The van der Waals surface area contributed by atoms with Crippen molar-refractivity contribution in [3.63, 3.8) is 0 Å². The van der Waals surface area contributed by atoms with Crippen molar-refractivity contribution in [2.24, 2.45) is 0 Å². The smallest absolute Gasteiger partial charge is 0.320 e. The highest BCUT2D eigenvalue weighted by Crippen LogP contribution is 2.28. The van der Waals surface area contributed by atoms with E-state index in [9.17, 15) is 18.0 Å². The van der Waals surface area contributed by atoms with Gasteiger partial charge < -0.3 is 5.32 Å². The number of halogens is 4. The second-order valence-electron chi connectivity index (χ2n) is 7.60. The SMILES string of the molecule is C=Cc1cc(C)cc(C)c1NC(=O)c1cc(Cn2nnnc2C(F)(F)F)nn1-c1ncccc1Cl. The molecule has 0 aliphatic rings. The molecule has 4 aromatic rings. The highest BCUT2D eigenvalue weighted by molar-refractivity contribution is 6.32. The van der Waals surface area contributed by atoms with Crippen molar-refractivity contribution >= 4 is 29.3 Å². The summed E-state index contributed by atoms with van der Waals surface area (Å²) in [5, 5.41) is 16.8. The standard InChI is InChI=1S/C22H18ClF3N8O/c1-4-14-9-12(2)8-13(3)18(14)28-20(35)17-10-15(11-33-21(22(24,25)26)29-31-32-33)30-34(17)19-16(23)6-5-7-27-19/h4-10H,1,11H2,2-3H3,(H,28,35). The average molecular weight is 503 g/mol. The Morgan fingerprint density at radius 3 is 2.71 bits per heavy atom. The second-order valence-corrected chi connectivity index (χ2v) is 8.01. The lowest BCUT2D eigenvalue weighted by atomic mass is 10.0. The number of amides is 1. The van der Waals surface area contributed by atoms with Crippen molar-refractivity contribution in [1.29, 1.82) is 0 Å². The highest BCUT2D eigenvalue weighted by Gasteiger charge is 2.38. The second kappa shape index (κ2) is 9.29. The van der Waals surface area contributed by atoms with Gasteiger partial charge in [-0.1, -0.05) is 35.9 Å². The first-order valence-electron chi connectivity index (χ1n) is 10.2. The van der Waals surface area contributed by atoms with Gasteiger partial charge in [0.25, 0.3) is 11.7 Å². The van der Waals surface area contributed by atoms with E-state index in [2.05, 4.69) is 37.5 Å². The number of carbonyl (C=O) groups is 1. The Morgan fingerprint density at radius 2 is 2.03 bits per heavy atom. The van der Waals surface area contributed by atoms with Gasteiger partial charge in [-0.05, 0) is 59.7 Å². The number of carbonyl (C=O) groups excluding carboxylic acids is 1. The Kier molecular flexibility index (Phi) is 6.39. The van der Waals surface area contributed by atoms with E-state index in [1.165, 1.54) is 16.9 Å². The minimum atomic E-state index is -4.76. The number of tetrazole rings is 1. The van der Waals surface area contributed by atoms with E-state index in [1.54, 1.807) is 18.2 Å². The van der Waals surface area contributed by atoms with Gasteiger partial charge >= 0.3 is 6.18 Å². The molecule has 0 fully saturated rings. The Hall–Kier alpha value is -4.06. The third kappa shape index (κ3) is 4.92. The quantitative estimate of drug-likeness (QED) is 0.417. The summed E-state index contributed by atoms with van der Waals surface area (Å²) >= 11 is 6.27. The van der Waals surface area contributed by atoms with Gasteiger partial charge in [-0.2, -0.15) is 18.3 Å². The maximum Gasteiger partial charge on any atom is 0.453 e. The molecule has 13 heteroatoms.